The highest BCUT2D eigenvalue weighted by molar-refractivity contribution is 5.76. The Hall–Kier alpha value is -1.40. The number of carbonyl (C=O) groups excluding carboxylic acids is 2. The van der Waals surface area contributed by atoms with E-state index in [0.29, 0.717) is 25.9 Å². The molecule has 0 rings (SSSR count). The molecule has 0 aliphatic carbocycles. The van der Waals surface area contributed by atoms with Gasteiger partial charge in [0.25, 0.3) is 0 Å². The number of carbonyl (C=O) groups is 2. The second-order valence-electron chi connectivity index (χ2n) is 17.9. The van der Waals surface area contributed by atoms with Gasteiger partial charge in [-0.25, -0.2) is 0 Å². The van der Waals surface area contributed by atoms with Crippen LogP contribution in [0.15, 0.2) is 12.2 Å². The van der Waals surface area contributed by atoms with Crippen LogP contribution < -0.4 is 5.32 Å². The number of aliphatic hydroxyl groups excluding tert-OH is 2. The van der Waals surface area contributed by atoms with Crippen molar-refractivity contribution in [2.24, 2.45) is 0 Å². The minimum absolute atomic E-state index is 0.00530. The minimum atomic E-state index is -0.667. The second kappa shape index (κ2) is 48.3. The van der Waals surface area contributed by atoms with Crippen molar-refractivity contribution in [3.8, 4) is 0 Å². The molecule has 0 radical (unpaired) electrons. The van der Waals surface area contributed by atoms with Crippen LogP contribution >= 0.6 is 0 Å². The predicted octanol–water partition coefficient (Wildman–Crippen LogP) is 15.3. The van der Waals surface area contributed by atoms with Crippen LogP contribution in [-0.2, 0) is 14.3 Å². The fourth-order valence-electron chi connectivity index (χ4n) is 8.05. The van der Waals surface area contributed by atoms with Crippen LogP contribution in [0.3, 0.4) is 0 Å². The number of amides is 1. The molecule has 344 valence electrons. The number of aliphatic hydroxyl groups is 2. The zero-order valence-corrected chi connectivity index (χ0v) is 39.0. The van der Waals surface area contributed by atoms with E-state index in [1.807, 2.05) is 0 Å². The van der Waals surface area contributed by atoms with Gasteiger partial charge in [0.2, 0.25) is 5.91 Å². The standard InChI is InChI=1S/C52H101NO5/c1-3-5-7-9-11-13-14-22-26-30-34-38-42-46-52(57)58-47-43-39-35-31-27-24-21-19-17-15-16-18-20-23-25-29-33-37-41-45-51(56)53-49(48-54)50(55)44-40-36-32-28-12-10-8-6-4-2/h15-16,49-50,54-55H,3-14,17-48H2,1-2H3,(H,53,56)/b16-15-. The number of hydrogen-bond donors (Lipinski definition) is 3. The summed E-state index contributed by atoms with van der Waals surface area (Å²) in [5.74, 6) is -0.0414. The monoisotopic (exact) mass is 820 g/mol. The van der Waals surface area contributed by atoms with Crippen LogP contribution in [-0.4, -0.2) is 47.4 Å². The average molecular weight is 820 g/mol. The molecule has 58 heavy (non-hydrogen) atoms. The minimum Gasteiger partial charge on any atom is -0.466 e. The molecule has 0 aromatic rings. The summed E-state index contributed by atoms with van der Waals surface area (Å²) >= 11 is 0. The maximum absolute atomic E-state index is 12.4. The van der Waals surface area contributed by atoms with Crippen molar-refractivity contribution in [3.63, 3.8) is 0 Å². The summed E-state index contributed by atoms with van der Waals surface area (Å²) in [5.41, 5.74) is 0. The summed E-state index contributed by atoms with van der Waals surface area (Å²) in [6.07, 6.45) is 54.8. The summed E-state index contributed by atoms with van der Waals surface area (Å²) in [4.78, 5) is 24.4. The molecular weight excluding hydrogens is 719 g/mol. The topological polar surface area (TPSA) is 95.9 Å². The molecule has 2 atom stereocenters. The first kappa shape index (κ1) is 56.6. The van der Waals surface area contributed by atoms with Gasteiger partial charge in [-0.3, -0.25) is 9.59 Å². The SMILES string of the molecule is CCCCCCCCCCCCCCCC(=O)OCCCCCCCCCC/C=C\CCCCCCCCCC(=O)NC(CO)C(O)CCCCCCCCCCC. The van der Waals surface area contributed by atoms with Gasteiger partial charge in [-0.15, -0.1) is 0 Å². The molecule has 6 heteroatoms. The Labute approximate surface area is 361 Å². The lowest BCUT2D eigenvalue weighted by Crippen LogP contribution is -2.45. The van der Waals surface area contributed by atoms with Crippen molar-refractivity contribution in [2.45, 2.75) is 296 Å². The summed E-state index contributed by atoms with van der Waals surface area (Å²) in [7, 11) is 0. The number of nitrogens with one attached hydrogen (secondary N) is 1. The smallest absolute Gasteiger partial charge is 0.305 e. The molecule has 0 aromatic carbocycles. The highest BCUT2D eigenvalue weighted by atomic mass is 16.5. The summed E-state index contributed by atoms with van der Waals surface area (Å²) < 4.78 is 5.46. The fourth-order valence-corrected chi connectivity index (χ4v) is 8.05. The molecule has 0 aromatic heterocycles. The van der Waals surface area contributed by atoms with Crippen LogP contribution in [0.1, 0.15) is 284 Å². The highest BCUT2D eigenvalue weighted by Crippen LogP contribution is 2.16. The molecule has 0 aliphatic heterocycles. The van der Waals surface area contributed by atoms with E-state index in [2.05, 4.69) is 31.3 Å². The van der Waals surface area contributed by atoms with E-state index in [1.165, 1.54) is 212 Å². The van der Waals surface area contributed by atoms with E-state index in [4.69, 9.17) is 4.74 Å². The van der Waals surface area contributed by atoms with Crippen molar-refractivity contribution in [1.82, 2.24) is 5.32 Å². The van der Waals surface area contributed by atoms with Crippen LogP contribution in [0, 0.1) is 0 Å². The number of esters is 1. The number of rotatable bonds is 48. The van der Waals surface area contributed by atoms with Crippen molar-refractivity contribution >= 4 is 11.9 Å². The zero-order chi connectivity index (χ0) is 42.3. The molecule has 6 nitrogen and oxygen atoms in total. The third-order valence-electron chi connectivity index (χ3n) is 12.1. The van der Waals surface area contributed by atoms with Gasteiger partial charge in [-0.2, -0.15) is 0 Å². The van der Waals surface area contributed by atoms with Gasteiger partial charge < -0.3 is 20.3 Å². The third kappa shape index (κ3) is 44.2. The Kier molecular flexibility index (Phi) is 47.1. The van der Waals surface area contributed by atoms with E-state index < -0.39 is 12.1 Å². The van der Waals surface area contributed by atoms with Crippen molar-refractivity contribution in [3.05, 3.63) is 12.2 Å². The van der Waals surface area contributed by atoms with Crippen LogP contribution in [0.5, 0.6) is 0 Å². The van der Waals surface area contributed by atoms with Crippen molar-refractivity contribution < 1.29 is 24.5 Å². The van der Waals surface area contributed by atoms with E-state index in [0.717, 1.165) is 38.5 Å². The number of unbranched alkanes of at least 4 members (excludes halogenated alkanes) is 35. The molecule has 0 fully saturated rings. The fraction of sp³-hybridized carbons (Fsp3) is 0.923. The van der Waals surface area contributed by atoms with Crippen molar-refractivity contribution in [1.29, 1.82) is 0 Å². The molecule has 0 spiro atoms. The number of ether oxygens (including phenoxy) is 1. The van der Waals surface area contributed by atoms with Crippen molar-refractivity contribution in [2.75, 3.05) is 13.2 Å². The lowest BCUT2D eigenvalue weighted by molar-refractivity contribution is -0.143. The largest absolute Gasteiger partial charge is 0.466 e. The van der Waals surface area contributed by atoms with Gasteiger partial charge in [0.15, 0.2) is 0 Å². The number of hydrogen-bond acceptors (Lipinski definition) is 5. The summed E-state index contributed by atoms with van der Waals surface area (Å²) in [5, 5.41) is 23.1. The van der Waals surface area contributed by atoms with Gasteiger partial charge in [-0.05, 0) is 51.4 Å². The van der Waals surface area contributed by atoms with Gasteiger partial charge in [0.05, 0.1) is 25.4 Å². The lowest BCUT2D eigenvalue weighted by atomic mass is 10.0. The lowest BCUT2D eigenvalue weighted by Gasteiger charge is -2.22. The Bertz CT molecular complexity index is 863. The molecule has 3 N–H and O–H groups in total. The van der Waals surface area contributed by atoms with E-state index in [1.54, 1.807) is 0 Å². The van der Waals surface area contributed by atoms with E-state index >= 15 is 0 Å². The van der Waals surface area contributed by atoms with Crippen LogP contribution in [0.25, 0.3) is 0 Å². The first-order valence-corrected chi connectivity index (χ1v) is 25.9. The normalized spacial score (nSPS) is 12.7. The van der Waals surface area contributed by atoms with E-state index in [-0.39, 0.29) is 18.5 Å². The maximum Gasteiger partial charge on any atom is 0.305 e. The Morgan fingerprint density at radius 1 is 0.466 bits per heavy atom. The zero-order valence-electron chi connectivity index (χ0n) is 39.0. The highest BCUT2D eigenvalue weighted by Gasteiger charge is 2.20. The molecule has 0 aliphatic rings. The average Bonchev–Trinajstić information content (AvgIpc) is 3.22. The Morgan fingerprint density at radius 3 is 1.22 bits per heavy atom. The molecule has 0 heterocycles. The van der Waals surface area contributed by atoms with Crippen LogP contribution in [0.4, 0.5) is 0 Å². The second-order valence-corrected chi connectivity index (χ2v) is 17.9. The first-order chi connectivity index (χ1) is 28.5. The van der Waals surface area contributed by atoms with Gasteiger partial charge >= 0.3 is 5.97 Å². The van der Waals surface area contributed by atoms with Gasteiger partial charge in [0.1, 0.15) is 0 Å². The maximum atomic E-state index is 12.4. The molecule has 2 unspecified atom stereocenters. The number of allylic oxidation sites excluding steroid dienone is 2. The quantitative estimate of drug-likeness (QED) is 0.0323. The molecule has 0 saturated heterocycles. The molecular formula is C52H101NO5. The summed E-state index contributed by atoms with van der Waals surface area (Å²) in [6.45, 7) is 4.92. The van der Waals surface area contributed by atoms with E-state index in [9.17, 15) is 19.8 Å². The predicted molar refractivity (Wildman–Crippen MR) is 250 cm³/mol. The van der Waals surface area contributed by atoms with Crippen LogP contribution in [0.2, 0.25) is 0 Å². The molecule has 0 bridgehead atoms. The Balaban J connectivity index is 3.41. The van der Waals surface area contributed by atoms with Gasteiger partial charge in [0, 0.05) is 12.8 Å². The molecule has 0 saturated carbocycles. The summed E-state index contributed by atoms with van der Waals surface area (Å²) in [6, 6.07) is -0.545. The molecule has 1 amide bonds. The van der Waals surface area contributed by atoms with Gasteiger partial charge in [-0.1, -0.05) is 231 Å². The third-order valence-corrected chi connectivity index (χ3v) is 12.1. The Morgan fingerprint density at radius 2 is 0.810 bits per heavy atom. The first-order valence-electron chi connectivity index (χ1n) is 25.9.